The van der Waals surface area contributed by atoms with Gasteiger partial charge in [-0.3, -0.25) is 4.79 Å². The van der Waals surface area contributed by atoms with Crippen LogP contribution in [0.15, 0.2) is 36.5 Å². The van der Waals surface area contributed by atoms with Crippen molar-refractivity contribution in [2.24, 2.45) is 0 Å². The number of carbonyl (C=O) groups is 1. The monoisotopic (exact) mass is 604 g/mol. The molecule has 0 radical (unpaired) electrons. The van der Waals surface area contributed by atoms with Crippen molar-refractivity contribution in [1.82, 2.24) is 5.32 Å². The summed E-state index contributed by atoms with van der Waals surface area (Å²) in [4.78, 5) is 12.3. The molecule has 0 aromatic heterocycles. The van der Waals surface area contributed by atoms with Gasteiger partial charge in [0.2, 0.25) is 5.91 Å². The summed E-state index contributed by atoms with van der Waals surface area (Å²) in [7, 11) is 0. The quantitative estimate of drug-likeness (QED) is 0.0516. The molecule has 0 saturated heterocycles. The number of aliphatic hydroxyl groups excluding tert-OH is 2. The first-order valence-electron chi connectivity index (χ1n) is 18.7. The molecule has 4 heteroatoms. The van der Waals surface area contributed by atoms with Crippen molar-refractivity contribution in [3.8, 4) is 0 Å². The fourth-order valence-corrected chi connectivity index (χ4v) is 5.55. The molecule has 0 rings (SSSR count). The lowest BCUT2D eigenvalue weighted by molar-refractivity contribution is -0.123. The Hall–Kier alpha value is -1.39. The number of carbonyl (C=O) groups excluding carboxylic acids is 1. The molecule has 0 aliphatic heterocycles. The third kappa shape index (κ3) is 31.8. The van der Waals surface area contributed by atoms with Gasteiger partial charge in [-0.2, -0.15) is 0 Å². The average molecular weight is 604 g/mol. The molecule has 252 valence electrons. The van der Waals surface area contributed by atoms with Crippen LogP contribution in [-0.4, -0.2) is 34.9 Å². The Balaban J connectivity index is 3.59. The minimum absolute atomic E-state index is 0.0498. The first kappa shape index (κ1) is 41.6. The van der Waals surface area contributed by atoms with Crippen molar-refractivity contribution in [1.29, 1.82) is 0 Å². The first-order chi connectivity index (χ1) is 21.2. The Bertz CT molecular complexity index is 657. The van der Waals surface area contributed by atoms with Crippen LogP contribution in [0.5, 0.6) is 0 Å². The van der Waals surface area contributed by atoms with E-state index in [9.17, 15) is 15.0 Å². The number of aliphatic hydroxyl groups is 2. The summed E-state index contributed by atoms with van der Waals surface area (Å²) in [5.74, 6) is -0.0498. The van der Waals surface area contributed by atoms with Gasteiger partial charge in [-0.15, -0.1) is 0 Å². The van der Waals surface area contributed by atoms with Crippen molar-refractivity contribution in [2.75, 3.05) is 6.61 Å². The van der Waals surface area contributed by atoms with Crippen LogP contribution >= 0.6 is 0 Å². The molecular formula is C39H73NO3. The molecule has 0 fully saturated rings. The van der Waals surface area contributed by atoms with Gasteiger partial charge in [0.15, 0.2) is 0 Å². The van der Waals surface area contributed by atoms with Crippen LogP contribution in [0.2, 0.25) is 0 Å². The lowest BCUT2D eigenvalue weighted by atomic mass is 10.0. The predicted octanol–water partition coefficient (Wildman–Crippen LogP) is 11.1. The summed E-state index contributed by atoms with van der Waals surface area (Å²) >= 11 is 0. The number of rotatable bonds is 33. The number of nitrogens with one attached hydrogen (secondary N) is 1. The summed E-state index contributed by atoms with van der Waals surface area (Å²) in [5, 5.41) is 23.1. The molecule has 0 aliphatic carbocycles. The molecule has 0 aromatic rings. The van der Waals surface area contributed by atoms with Crippen LogP contribution in [0.1, 0.15) is 187 Å². The summed E-state index contributed by atoms with van der Waals surface area (Å²) in [6.45, 7) is 4.23. The average Bonchev–Trinajstić information content (AvgIpc) is 3.01. The molecule has 0 aromatic carbocycles. The number of unbranched alkanes of at least 4 members (excludes halogenated alkanes) is 20. The summed E-state index contributed by atoms with van der Waals surface area (Å²) in [5.41, 5.74) is 0. The van der Waals surface area contributed by atoms with Gasteiger partial charge in [0, 0.05) is 6.42 Å². The molecule has 4 nitrogen and oxygen atoms in total. The normalized spacial score (nSPS) is 13.5. The Kier molecular flexibility index (Phi) is 34.0. The van der Waals surface area contributed by atoms with Gasteiger partial charge in [-0.25, -0.2) is 0 Å². The van der Waals surface area contributed by atoms with E-state index in [1.807, 2.05) is 0 Å². The summed E-state index contributed by atoms with van der Waals surface area (Å²) in [6.07, 6.45) is 44.8. The second-order valence-electron chi connectivity index (χ2n) is 12.6. The Labute approximate surface area is 268 Å². The van der Waals surface area contributed by atoms with E-state index in [0.29, 0.717) is 12.8 Å². The van der Waals surface area contributed by atoms with Gasteiger partial charge in [-0.05, 0) is 44.9 Å². The highest BCUT2D eigenvalue weighted by molar-refractivity contribution is 5.76. The van der Waals surface area contributed by atoms with E-state index < -0.39 is 12.1 Å². The van der Waals surface area contributed by atoms with E-state index in [1.54, 1.807) is 0 Å². The minimum Gasteiger partial charge on any atom is -0.394 e. The van der Waals surface area contributed by atoms with Crippen molar-refractivity contribution < 1.29 is 15.0 Å². The largest absolute Gasteiger partial charge is 0.394 e. The van der Waals surface area contributed by atoms with Crippen molar-refractivity contribution in [3.05, 3.63) is 36.5 Å². The fourth-order valence-electron chi connectivity index (χ4n) is 5.55. The van der Waals surface area contributed by atoms with Crippen LogP contribution in [0.4, 0.5) is 0 Å². The maximum Gasteiger partial charge on any atom is 0.220 e. The maximum absolute atomic E-state index is 12.3. The van der Waals surface area contributed by atoms with Crippen LogP contribution < -0.4 is 5.32 Å². The van der Waals surface area contributed by atoms with Gasteiger partial charge in [0.25, 0.3) is 0 Å². The van der Waals surface area contributed by atoms with Crippen LogP contribution in [0.25, 0.3) is 0 Å². The van der Waals surface area contributed by atoms with E-state index in [0.717, 1.165) is 57.8 Å². The number of amides is 1. The fraction of sp³-hybridized carbons (Fsp3) is 0.821. The zero-order valence-electron chi connectivity index (χ0n) is 28.7. The highest BCUT2D eigenvalue weighted by Gasteiger charge is 2.19. The molecular weight excluding hydrogens is 530 g/mol. The minimum atomic E-state index is -0.665. The maximum atomic E-state index is 12.3. The Morgan fingerprint density at radius 1 is 0.581 bits per heavy atom. The number of hydrogen-bond acceptors (Lipinski definition) is 3. The molecule has 3 N–H and O–H groups in total. The number of hydrogen-bond donors (Lipinski definition) is 3. The first-order valence-corrected chi connectivity index (χ1v) is 18.7. The van der Waals surface area contributed by atoms with E-state index >= 15 is 0 Å². The van der Waals surface area contributed by atoms with Crippen molar-refractivity contribution in [3.63, 3.8) is 0 Å². The number of allylic oxidation sites excluding steroid dienone is 6. The van der Waals surface area contributed by atoms with Gasteiger partial charge in [-0.1, -0.05) is 172 Å². The Morgan fingerprint density at radius 3 is 1.53 bits per heavy atom. The third-order valence-corrected chi connectivity index (χ3v) is 8.42. The van der Waals surface area contributed by atoms with Crippen molar-refractivity contribution in [2.45, 2.75) is 199 Å². The lowest BCUT2D eigenvalue weighted by Crippen LogP contribution is -2.45. The van der Waals surface area contributed by atoms with E-state index in [1.165, 1.54) is 103 Å². The van der Waals surface area contributed by atoms with E-state index in [2.05, 4.69) is 55.6 Å². The van der Waals surface area contributed by atoms with Gasteiger partial charge in [0.1, 0.15) is 0 Å². The van der Waals surface area contributed by atoms with Gasteiger partial charge < -0.3 is 15.5 Å². The van der Waals surface area contributed by atoms with E-state index in [4.69, 9.17) is 0 Å². The topological polar surface area (TPSA) is 69.6 Å². The lowest BCUT2D eigenvalue weighted by Gasteiger charge is -2.22. The Morgan fingerprint density at radius 2 is 1.02 bits per heavy atom. The molecule has 0 spiro atoms. The summed E-state index contributed by atoms with van der Waals surface area (Å²) < 4.78 is 0. The van der Waals surface area contributed by atoms with Crippen LogP contribution in [0.3, 0.4) is 0 Å². The zero-order valence-corrected chi connectivity index (χ0v) is 28.7. The molecule has 2 unspecified atom stereocenters. The molecule has 2 atom stereocenters. The molecule has 1 amide bonds. The zero-order chi connectivity index (χ0) is 31.5. The molecule has 0 saturated carbocycles. The molecule has 0 bridgehead atoms. The van der Waals surface area contributed by atoms with Crippen LogP contribution in [-0.2, 0) is 4.79 Å². The second-order valence-corrected chi connectivity index (χ2v) is 12.6. The van der Waals surface area contributed by atoms with Crippen LogP contribution in [0, 0.1) is 0 Å². The second kappa shape index (κ2) is 35.1. The standard InChI is InChI=1S/C39H73NO3/c1-3-5-7-9-11-13-15-17-19-21-22-24-26-28-30-32-34-38(42)37(36-41)40-39(43)35-33-31-29-27-25-23-20-18-16-14-12-10-8-6-4-2/h6,8,12,14,18,20,37-38,41-42H,3-5,7,9-11,13,15-17,19,21-36H2,1-2H3,(H,40,43)/b8-6-,14-12-,20-18-. The molecule has 0 aliphatic rings. The predicted molar refractivity (Wildman–Crippen MR) is 188 cm³/mol. The molecule has 0 heterocycles. The summed E-state index contributed by atoms with van der Waals surface area (Å²) in [6, 6.07) is -0.543. The van der Waals surface area contributed by atoms with Gasteiger partial charge in [0.05, 0.1) is 18.8 Å². The highest BCUT2D eigenvalue weighted by atomic mass is 16.3. The third-order valence-electron chi connectivity index (χ3n) is 8.42. The van der Waals surface area contributed by atoms with Crippen molar-refractivity contribution >= 4 is 5.91 Å². The van der Waals surface area contributed by atoms with Gasteiger partial charge >= 0.3 is 0 Å². The molecule has 43 heavy (non-hydrogen) atoms. The highest BCUT2D eigenvalue weighted by Crippen LogP contribution is 2.15. The smallest absolute Gasteiger partial charge is 0.220 e. The van der Waals surface area contributed by atoms with E-state index in [-0.39, 0.29) is 12.5 Å². The SMILES string of the molecule is CC/C=C\C/C=C\C/C=C\CCCCCCCC(=O)NC(CO)C(O)CCCCCCCCCCCCCCCCCC.